The van der Waals surface area contributed by atoms with Crippen LogP contribution in [-0.4, -0.2) is 34.0 Å². The number of oxazole rings is 1. The minimum atomic E-state index is -4.72. The summed E-state index contributed by atoms with van der Waals surface area (Å²) < 4.78 is 57.7. The molecule has 1 N–H and O–H groups in total. The second-order valence-corrected chi connectivity index (χ2v) is 6.19. The molecule has 26 heavy (non-hydrogen) atoms. The fourth-order valence-corrected chi connectivity index (χ4v) is 3.07. The second kappa shape index (κ2) is 7.06. The van der Waals surface area contributed by atoms with Crippen molar-refractivity contribution in [2.75, 3.05) is 13.1 Å². The number of carbonyl (C=O) groups is 1. The van der Waals surface area contributed by atoms with E-state index >= 15 is 0 Å². The van der Waals surface area contributed by atoms with E-state index in [1.54, 1.807) is 0 Å². The van der Waals surface area contributed by atoms with Gasteiger partial charge in [0.2, 0.25) is 5.76 Å². The molecule has 0 aliphatic carbocycles. The molecule has 9 heteroatoms. The zero-order chi connectivity index (χ0) is 18.9. The van der Waals surface area contributed by atoms with Gasteiger partial charge in [0.25, 0.3) is 0 Å². The van der Waals surface area contributed by atoms with Gasteiger partial charge in [-0.15, -0.1) is 0 Å². The van der Waals surface area contributed by atoms with Crippen LogP contribution in [0.25, 0.3) is 0 Å². The van der Waals surface area contributed by atoms with Crippen LogP contribution in [0.1, 0.15) is 46.3 Å². The molecule has 0 amide bonds. The van der Waals surface area contributed by atoms with E-state index in [2.05, 4.69) is 4.98 Å². The summed E-state index contributed by atoms with van der Waals surface area (Å²) in [5.41, 5.74) is -1.26. The topological polar surface area (TPSA) is 66.6 Å². The van der Waals surface area contributed by atoms with Gasteiger partial charge in [-0.1, -0.05) is 12.1 Å². The molecule has 1 aromatic heterocycles. The lowest BCUT2D eigenvalue weighted by atomic mass is 9.96. The standard InChI is InChI=1S/C17H16F4N2O3/c18-14-11(2-1-3-12(14)17(19,20)21)9-23-6-4-10(5-7-23)15-22-8-13(26-15)16(24)25/h1-3,8,10H,4-7,9H2,(H,24,25). The number of nitrogens with zero attached hydrogens (tertiary/aromatic N) is 2. The molecular formula is C17H16F4N2O3. The first kappa shape index (κ1) is 18.4. The molecule has 0 saturated carbocycles. The van der Waals surface area contributed by atoms with Gasteiger partial charge in [0, 0.05) is 18.0 Å². The minimum absolute atomic E-state index is 0.00237. The van der Waals surface area contributed by atoms with Gasteiger partial charge >= 0.3 is 12.1 Å². The largest absolute Gasteiger partial charge is 0.475 e. The maximum Gasteiger partial charge on any atom is 0.419 e. The first-order valence-electron chi connectivity index (χ1n) is 8.01. The summed E-state index contributed by atoms with van der Waals surface area (Å²) in [6, 6.07) is 3.28. The zero-order valence-electron chi connectivity index (χ0n) is 13.6. The van der Waals surface area contributed by atoms with Crippen molar-refractivity contribution in [1.29, 1.82) is 0 Å². The average molecular weight is 372 g/mol. The molecule has 140 valence electrons. The number of carboxylic acids is 1. The number of likely N-dealkylation sites (tertiary alicyclic amines) is 1. The molecule has 5 nitrogen and oxygen atoms in total. The van der Waals surface area contributed by atoms with Crippen molar-refractivity contribution in [1.82, 2.24) is 9.88 Å². The molecule has 0 radical (unpaired) electrons. The van der Waals surface area contributed by atoms with Gasteiger partial charge in [0.15, 0.2) is 5.89 Å². The highest BCUT2D eigenvalue weighted by atomic mass is 19.4. The minimum Gasteiger partial charge on any atom is -0.475 e. The van der Waals surface area contributed by atoms with Crippen molar-refractivity contribution >= 4 is 5.97 Å². The summed E-state index contributed by atoms with van der Waals surface area (Å²) in [6.07, 6.45) is -2.37. The number of piperidine rings is 1. The summed E-state index contributed by atoms with van der Waals surface area (Å²) in [4.78, 5) is 16.7. The summed E-state index contributed by atoms with van der Waals surface area (Å²) in [6.45, 7) is 1.12. The third-order valence-corrected chi connectivity index (χ3v) is 4.45. The van der Waals surface area contributed by atoms with E-state index < -0.39 is 23.5 Å². The summed E-state index contributed by atoms with van der Waals surface area (Å²) in [7, 11) is 0. The summed E-state index contributed by atoms with van der Waals surface area (Å²) in [5.74, 6) is -2.38. The van der Waals surface area contributed by atoms with Gasteiger partial charge in [-0.3, -0.25) is 4.90 Å². The Kier molecular flexibility index (Phi) is 4.99. The van der Waals surface area contributed by atoms with Crippen molar-refractivity contribution in [2.24, 2.45) is 0 Å². The van der Waals surface area contributed by atoms with Crippen LogP contribution in [-0.2, 0) is 12.7 Å². The third kappa shape index (κ3) is 3.87. The van der Waals surface area contributed by atoms with Crippen LogP contribution < -0.4 is 0 Å². The van der Waals surface area contributed by atoms with Crippen LogP contribution in [0.3, 0.4) is 0 Å². The number of benzene rings is 1. The van der Waals surface area contributed by atoms with E-state index in [1.165, 1.54) is 12.1 Å². The summed E-state index contributed by atoms with van der Waals surface area (Å²) >= 11 is 0. The van der Waals surface area contributed by atoms with Crippen molar-refractivity contribution in [3.8, 4) is 0 Å². The number of halogens is 4. The van der Waals surface area contributed by atoms with Crippen LogP contribution in [0.15, 0.2) is 28.8 Å². The fraction of sp³-hybridized carbons (Fsp3) is 0.412. The van der Waals surface area contributed by atoms with Crippen LogP contribution >= 0.6 is 0 Å². The van der Waals surface area contributed by atoms with E-state index in [4.69, 9.17) is 9.52 Å². The molecule has 1 saturated heterocycles. The molecule has 1 aliphatic heterocycles. The normalized spacial score (nSPS) is 16.8. The monoisotopic (exact) mass is 372 g/mol. The van der Waals surface area contributed by atoms with Crippen molar-refractivity contribution < 1.29 is 31.9 Å². The van der Waals surface area contributed by atoms with E-state index in [1.807, 2.05) is 4.90 Å². The Bertz CT molecular complexity index is 796. The highest BCUT2D eigenvalue weighted by Gasteiger charge is 2.35. The number of rotatable bonds is 4. The molecular weight excluding hydrogens is 356 g/mol. The van der Waals surface area contributed by atoms with Crippen LogP contribution in [0.5, 0.6) is 0 Å². The Morgan fingerprint density at radius 3 is 2.58 bits per heavy atom. The lowest BCUT2D eigenvalue weighted by Crippen LogP contribution is -2.33. The number of aromatic carboxylic acids is 1. The zero-order valence-corrected chi connectivity index (χ0v) is 13.6. The van der Waals surface area contributed by atoms with Crippen molar-refractivity contribution in [3.05, 3.63) is 53.0 Å². The Labute approximate surface area is 146 Å². The highest BCUT2D eigenvalue weighted by Crippen LogP contribution is 2.33. The summed E-state index contributed by atoms with van der Waals surface area (Å²) in [5, 5.41) is 8.85. The number of hydrogen-bond acceptors (Lipinski definition) is 4. The molecule has 2 heterocycles. The molecule has 0 unspecified atom stereocenters. The quantitative estimate of drug-likeness (QED) is 0.825. The number of alkyl halides is 3. The second-order valence-electron chi connectivity index (χ2n) is 6.19. The predicted octanol–water partition coefficient (Wildman–Crippen LogP) is 3.91. The van der Waals surface area contributed by atoms with E-state index in [0.29, 0.717) is 31.8 Å². The Morgan fingerprint density at radius 2 is 2.00 bits per heavy atom. The Morgan fingerprint density at radius 1 is 1.31 bits per heavy atom. The van der Waals surface area contributed by atoms with Gasteiger partial charge in [-0.05, 0) is 32.0 Å². The lowest BCUT2D eigenvalue weighted by Gasteiger charge is -2.30. The van der Waals surface area contributed by atoms with Gasteiger partial charge in [-0.25, -0.2) is 14.2 Å². The van der Waals surface area contributed by atoms with Crippen LogP contribution in [0, 0.1) is 5.82 Å². The van der Waals surface area contributed by atoms with E-state index in [9.17, 15) is 22.4 Å². The number of aromatic nitrogens is 1. The molecule has 0 spiro atoms. The number of hydrogen-bond donors (Lipinski definition) is 1. The fourth-order valence-electron chi connectivity index (χ4n) is 3.07. The smallest absolute Gasteiger partial charge is 0.419 e. The first-order chi connectivity index (χ1) is 12.3. The third-order valence-electron chi connectivity index (χ3n) is 4.45. The van der Waals surface area contributed by atoms with Gasteiger partial charge < -0.3 is 9.52 Å². The van der Waals surface area contributed by atoms with Crippen LogP contribution in [0.2, 0.25) is 0 Å². The van der Waals surface area contributed by atoms with Crippen molar-refractivity contribution in [3.63, 3.8) is 0 Å². The van der Waals surface area contributed by atoms with Gasteiger partial charge in [-0.2, -0.15) is 13.2 Å². The highest BCUT2D eigenvalue weighted by molar-refractivity contribution is 5.83. The Hall–Kier alpha value is -2.42. The SMILES string of the molecule is O=C(O)c1cnc(C2CCN(Cc3cccc(C(F)(F)F)c3F)CC2)o1. The average Bonchev–Trinajstić information content (AvgIpc) is 3.07. The molecule has 1 fully saturated rings. The molecule has 0 bridgehead atoms. The van der Waals surface area contributed by atoms with Crippen molar-refractivity contribution in [2.45, 2.75) is 31.5 Å². The molecule has 1 aromatic carbocycles. The molecule has 2 aromatic rings. The van der Waals surface area contributed by atoms with Crippen LogP contribution in [0.4, 0.5) is 17.6 Å². The van der Waals surface area contributed by atoms with Gasteiger partial charge in [0.05, 0.1) is 11.8 Å². The lowest BCUT2D eigenvalue weighted by molar-refractivity contribution is -0.140. The number of carboxylic acid groups (broad SMARTS) is 1. The van der Waals surface area contributed by atoms with Gasteiger partial charge in [0.1, 0.15) is 5.82 Å². The molecule has 0 atom stereocenters. The maximum atomic E-state index is 14.1. The van der Waals surface area contributed by atoms with E-state index in [-0.39, 0.29) is 23.8 Å². The van der Waals surface area contributed by atoms with E-state index in [0.717, 1.165) is 12.3 Å². The maximum absolute atomic E-state index is 14.1. The first-order valence-corrected chi connectivity index (χ1v) is 8.01. The molecule has 1 aliphatic rings. The Balaban J connectivity index is 1.63. The molecule has 3 rings (SSSR count). The predicted molar refractivity (Wildman–Crippen MR) is 82.1 cm³/mol.